The number of aromatic amines is 1. The van der Waals surface area contributed by atoms with Gasteiger partial charge in [0.25, 0.3) is 0 Å². The largest absolute Gasteiger partial charge is 0.397 e. The molecule has 110 valence electrons. The number of fused-ring (bicyclic) bond motifs is 3. The summed E-state index contributed by atoms with van der Waals surface area (Å²) in [6.45, 7) is 4.47. The predicted octanol–water partition coefficient (Wildman–Crippen LogP) is 5.07. The second-order valence-corrected chi connectivity index (χ2v) is 6.43. The fourth-order valence-corrected chi connectivity index (χ4v) is 3.60. The number of para-hydroxylation sites is 1. The van der Waals surface area contributed by atoms with Crippen LogP contribution in [0.5, 0.6) is 0 Å². The van der Waals surface area contributed by atoms with Gasteiger partial charge in [0.15, 0.2) is 0 Å². The maximum Gasteiger partial charge on any atom is 0.0701 e. The summed E-state index contributed by atoms with van der Waals surface area (Å²) in [5.41, 5.74) is 12.2. The van der Waals surface area contributed by atoms with E-state index in [4.69, 9.17) is 5.73 Å². The molecule has 1 atom stereocenters. The third-order valence-corrected chi connectivity index (χ3v) is 5.20. The van der Waals surface area contributed by atoms with E-state index in [1.807, 2.05) is 0 Å². The monoisotopic (exact) mass is 288 g/mol. The fourth-order valence-electron chi connectivity index (χ4n) is 3.60. The van der Waals surface area contributed by atoms with E-state index in [0.29, 0.717) is 0 Å². The number of H-pyrrole nitrogens is 1. The molecule has 1 aliphatic rings. The van der Waals surface area contributed by atoms with E-state index in [0.717, 1.165) is 23.1 Å². The minimum absolute atomic E-state index is 0.0235. The maximum atomic E-state index is 6.58. The van der Waals surface area contributed by atoms with Gasteiger partial charge in [0, 0.05) is 21.7 Å². The van der Waals surface area contributed by atoms with Gasteiger partial charge in [-0.15, -0.1) is 0 Å². The van der Waals surface area contributed by atoms with Gasteiger partial charge >= 0.3 is 0 Å². The third-order valence-electron chi connectivity index (χ3n) is 5.20. The van der Waals surface area contributed by atoms with Gasteiger partial charge in [-0.05, 0) is 25.0 Å². The van der Waals surface area contributed by atoms with Crippen molar-refractivity contribution in [3.63, 3.8) is 0 Å². The Morgan fingerprint density at radius 1 is 1.09 bits per heavy atom. The van der Waals surface area contributed by atoms with Crippen molar-refractivity contribution in [3.05, 3.63) is 65.8 Å². The van der Waals surface area contributed by atoms with Crippen LogP contribution in [-0.2, 0) is 5.41 Å². The Hall–Kier alpha value is -2.48. The van der Waals surface area contributed by atoms with E-state index >= 15 is 0 Å². The average molecular weight is 288 g/mol. The highest BCUT2D eigenvalue weighted by atomic mass is 14.7. The molecule has 22 heavy (non-hydrogen) atoms. The summed E-state index contributed by atoms with van der Waals surface area (Å²) >= 11 is 0. The molecule has 0 bridgehead atoms. The Morgan fingerprint density at radius 2 is 1.91 bits per heavy atom. The molecule has 0 spiro atoms. The third kappa shape index (κ3) is 1.67. The first-order valence-corrected chi connectivity index (χ1v) is 7.74. The number of anilines is 1. The van der Waals surface area contributed by atoms with Crippen molar-refractivity contribution in [1.29, 1.82) is 0 Å². The summed E-state index contributed by atoms with van der Waals surface area (Å²) in [6, 6.07) is 12.8. The van der Waals surface area contributed by atoms with Crippen LogP contribution in [0.3, 0.4) is 0 Å². The maximum absolute atomic E-state index is 6.58. The van der Waals surface area contributed by atoms with Gasteiger partial charge in [-0.1, -0.05) is 61.1 Å². The fraction of sp³-hybridized carbons (Fsp3) is 0.200. The van der Waals surface area contributed by atoms with Crippen LogP contribution in [0.2, 0.25) is 0 Å². The summed E-state index contributed by atoms with van der Waals surface area (Å²) in [6.07, 6.45) is 7.54. The number of rotatable bonds is 1. The molecular formula is C20H20N2. The van der Waals surface area contributed by atoms with E-state index in [1.54, 1.807) is 0 Å². The molecule has 1 heterocycles. The molecule has 1 aromatic heterocycles. The average Bonchev–Trinajstić information content (AvgIpc) is 2.90. The minimum atomic E-state index is -0.0235. The highest BCUT2D eigenvalue weighted by Crippen LogP contribution is 2.43. The summed E-state index contributed by atoms with van der Waals surface area (Å²) in [7, 11) is 0. The van der Waals surface area contributed by atoms with Crippen molar-refractivity contribution in [2.45, 2.75) is 25.7 Å². The Balaban J connectivity index is 2.01. The van der Waals surface area contributed by atoms with E-state index in [1.165, 1.54) is 21.9 Å². The first-order chi connectivity index (χ1) is 10.6. The molecule has 0 aliphatic heterocycles. The molecule has 2 aromatic carbocycles. The lowest BCUT2D eigenvalue weighted by Gasteiger charge is -2.33. The van der Waals surface area contributed by atoms with Crippen molar-refractivity contribution in [2.75, 3.05) is 5.73 Å². The van der Waals surface area contributed by atoms with Crippen molar-refractivity contribution in [3.8, 4) is 0 Å². The smallest absolute Gasteiger partial charge is 0.0701 e. The molecule has 0 saturated heterocycles. The first-order valence-electron chi connectivity index (χ1n) is 7.74. The second kappa shape index (κ2) is 4.51. The van der Waals surface area contributed by atoms with Gasteiger partial charge in [-0.2, -0.15) is 0 Å². The lowest BCUT2D eigenvalue weighted by molar-refractivity contribution is 0.562. The highest BCUT2D eigenvalue weighted by Gasteiger charge is 2.31. The molecule has 0 radical (unpaired) electrons. The van der Waals surface area contributed by atoms with E-state index in [2.05, 4.69) is 73.5 Å². The molecule has 1 aliphatic carbocycles. The van der Waals surface area contributed by atoms with Crippen LogP contribution in [0.15, 0.2) is 60.2 Å². The van der Waals surface area contributed by atoms with Gasteiger partial charge in [0.05, 0.1) is 11.2 Å². The number of nitrogens with two attached hydrogens (primary N) is 1. The molecule has 2 heteroatoms. The van der Waals surface area contributed by atoms with E-state index in [-0.39, 0.29) is 5.41 Å². The lowest BCUT2D eigenvalue weighted by Crippen LogP contribution is -2.25. The van der Waals surface area contributed by atoms with Crippen LogP contribution in [0, 0.1) is 0 Å². The summed E-state index contributed by atoms with van der Waals surface area (Å²) in [4.78, 5) is 3.50. The zero-order valence-electron chi connectivity index (χ0n) is 13.0. The standard InChI is InChI=1S/C20H20N2/c1-13-7-5-6-12-20(13,2)16-11-10-15-14-8-3-4-9-17(14)22-19(15)18(16)21/h3-11,22H,12,21H2,1-2H3. The Labute approximate surface area is 130 Å². The van der Waals surface area contributed by atoms with Crippen molar-refractivity contribution >= 4 is 27.5 Å². The van der Waals surface area contributed by atoms with Crippen molar-refractivity contribution in [2.24, 2.45) is 0 Å². The number of aromatic nitrogens is 1. The molecule has 1 unspecified atom stereocenters. The SMILES string of the molecule is CC1=CC=CCC1(C)c1ccc2c([nH]c3ccccc32)c1N. The lowest BCUT2D eigenvalue weighted by atomic mass is 9.71. The number of benzene rings is 2. The quantitative estimate of drug-likeness (QED) is 0.603. The molecule has 3 N–H and O–H groups in total. The Bertz CT molecular complexity index is 943. The highest BCUT2D eigenvalue weighted by molar-refractivity contribution is 6.11. The van der Waals surface area contributed by atoms with Gasteiger partial charge in [-0.25, -0.2) is 0 Å². The van der Waals surface area contributed by atoms with E-state index < -0.39 is 0 Å². The molecular weight excluding hydrogens is 268 g/mol. The summed E-state index contributed by atoms with van der Waals surface area (Å²) < 4.78 is 0. The molecule has 0 amide bonds. The molecule has 0 saturated carbocycles. The normalized spacial score (nSPS) is 21.5. The zero-order valence-corrected chi connectivity index (χ0v) is 13.0. The number of hydrogen-bond donors (Lipinski definition) is 2. The second-order valence-electron chi connectivity index (χ2n) is 6.43. The number of nitrogens with one attached hydrogen (secondary N) is 1. The van der Waals surface area contributed by atoms with Crippen molar-refractivity contribution in [1.82, 2.24) is 4.98 Å². The van der Waals surface area contributed by atoms with Crippen LogP contribution >= 0.6 is 0 Å². The first kappa shape index (κ1) is 13.2. The van der Waals surface area contributed by atoms with Crippen LogP contribution in [0.1, 0.15) is 25.8 Å². The van der Waals surface area contributed by atoms with E-state index in [9.17, 15) is 0 Å². The topological polar surface area (TPSA) is 41.8 Å². The molecule has 3 aromatic rings. The number of nitrogen functional groups attached to an aromatic ring is 1. The van der Waals surface area contributed by atoms with Crippen LogP contribution < -0.4 is 5.73 Å². The Kier molecular flexibility index (Phi) is 2.70. The van der Waals surface area contributed by atoms with Gasteiger partial charge < -0.3 is 10.7 Å². The summed E-state index contributed by atoms with van der Waals surface area (Å²) in [5.74, 6) is 0. The van der Waals surface area contributed by atoms with Crippen molar-refractivity contribution < 1.29 is 0 Å². The Morgan fingerprint density at radius 3 is 2.73 bits per heavy atom. The predicted molar refractivity (Wildman–Crippen MR) is 95.1 cm³/mol. The molecule has 4 rings (SSSR count). The zero-order chi connectivity index (χ0) is 15.3. The number of hydrogen-bond acceptors (Lipinski definition) is 1. The van der Waals surface area contributed by atoms with Gasteiger partial charge in [0.2, 0.25) is 0 Å². The van der Waals surface area contributed by atoms with Gasteiger partial charge in [0.1, 0.15) is 0 Å². The number of allylic oxidation sites excluding steroid dienone is 4. The molecule has 0 fully saturated rings. The minimum Gasteiger partial charge on any atom is -0.397 e. The van der Waals surface area contributed by atoms with Crippen LogP contribution in [-0.4, -0.2) is 4.98 Å². The molecule has 2 nitrogen and oxygen atoms in total. The van der Waals surface area contributed by atoms with Gasteiger partial charge in [-0.3, -0.25) is 0 Å². The van der Waals surface area contributed by atoms with Crippen LogP contribution in [0.4, 0.5) is 5.69 Å². The van der Waals surface area contributed by atoms with Crippen LogP contribution in [0.25, 0.3) is 21.8 Å². The summed E-state index contributed by atoms with van der Waals surface area (Å²) in [5, 5.41) is 2.44.